The lowest BCUT2D eigenvalue weighted by molar-refractivity contribution is -0.0350. The fourth-order valence-electron chi connectivity index (χ4n) is 7.27. The highest BCUT2D eigenvalue weighted by Gasteiger charge is 2.57. The van der Waals surface area contributed by atoms with Crippen molar-refractivity contribution in [1.29, 1.82) is 0 Å². The van der Waals surface area contributed by atoms with Gasteiger partial charge in [-0.1, -0.05) is 57.4 Å². The molecule has 4 aliphatic carbocycles. The van der Waals surface area contributed by atoms with Crippen LogP contribution >= 0.6 is 0 Å². The molecule has 0 heterocycles. The second-order valence-electron chi connectivity index (χ2n) is 9.17. The molecule has 0 nitrogen and oxygen atoms in total. The van der Waals surface area contributed by atoms with Crippen LogP contribution in [0.4, 0.5) is 0 Å². The first-order valence-electron chi connectivity index (χ1n) is 9.97. The van der Waals surface area contributed by atoms with Crippen LogP contribution in [-0.4, -0.2) is 0 Å². The zero-order valence-corrected chi connectivity index (χ0v) is 14.9. The Hall–Kier alpha value is -0.520. The van der Waals surface area contributed by atoms with Crippen molar-refractivity contribution in [2.75, 3.05) is 0 Å². The van der Waals surface area contributed by atoms with Gasteiger partial charge < -0.3 is 0 Å². The van der Waals surface area contributed by atoms with Gasteiger partial charge in [0.1, 0.15) is 0 Å². The Morgan fingerprint density at radius 3 is 2.77 bits per heavy atom. The predicted molar refractivity (Wildman–Crippen MR) is 94.6 cm³/mol. The van der Waals surface area contributed by atoms with Crippen LogP contribution in [0.1, 0.15) is 78.6 Å². The van der Waals surface area contributed by atoms with Crippen LogP contribution in [0.15, 0.2) is 23.8 Å². The summed E-state index contributed by atoms with van der Waals surface area (Å²) in [7, 11) is 0. The zero-order chi connectivity index (χ0) is 15.4. The first kappa shape index (κ1) is 15.0. The average molecular weight is 299 g/mol. The molecule has 0 aromatic heterocycles. The molecule has 0 heteroatoms. The number of rotatable bonds is 2. The van der Waals surface area contributed by atoms with E-state index in [0.717, 1.165) is 23.7 Å². The first-order valence-corrected chi connectivity index (χ1v) is 9.97. The molecular weight excluding hydrogens is 264 g/mol. The Morgan fingerprint density at radius 1 is 1.09 bits per heavy atom. The largest absolute Gasteiger partial charge is 0.0839 e. The van der Waals surface area contributed by atoms with E-state index >= 15 is 0 Å². The van der Waals surface area contributed by atoms with Gasteiger partial charge in [0.15, 0.2) is 0 Å². The molecule has 3 fully saturated rings. The van der Waals surface area contributed by atoms with Crippen LogP contribution in [0.2, 0.25) is 0 Å². The lowest BCUT2D eigenvalue weighted by Gasteiger charge is -2.57. The summed E-state index contributed by atoms with van der Waals surface area (Å²) in [6.07, 6.45) is 20.5. The summed E-state index contributed by atoms with van der Waals surface area (Å²) in [5.41, 5.74) is 2.86. The van der Waals surface area contributed by atoms with Gasteiger partial charge in [0, 0.05) is 5.41 Å². The first-order chi connectivity index (χ1) is 10.6. The second kappa shape index (κ2) is 5.25. The lowest BCUT2D eigenvalue weighted by atomic mass is 9.47. The standard InChI is InChI=1S/C22H34/c1-4-7-16-10-12-19-18-11-9-17-8-5-6-14-21(17,2)20(18)13-15-22(16,19)3/h6,8,14,16,18-20H,4-5,7,9-13,15H2,1-3H3. The summed E-state index contributed by atoms with van der Waals surface area (Å²) >= 11 is 0. The molecule has 3 saturated carbocycles. The molecule has 0 amide bonds. The van der Waals surface area contributed by atoms with Gasteiger partial charge in [-0.15, -0.1) is 0 Å². The maximum Gasteiger partial charge on any atom is 0.00936 e. The monoisotopic (exact) mass is 298 g/mol. The molecule has 122 valence electrons. The van der Waals surface area contributed by atoms with Crippen molar-refractivity contribution in [1.82, 2.24) is 0 Å². The molecule has 0 spiro atoms. The highest BCUT2D eigenvalue weighted by atomic mass is 14.6. The van der Waals surface area contributed by atoms with Crippen molar-refractivity contribution in [2.45, 2.75) is 78.6 Å². The molecule has 0 aromatic rings. The molecule has 0 saturated heterocycles. The van der Waals surface area contributed by atoms with Gasteiger partial charge in [0.2, 0.25) is 0 Å². The van der Waals surface area contributed by atoms with Crippen molar-refractivity contribution in [3.63, 3.8) is 0 Å². The molecule has 6 unspecified atom stereocenters. The molecular formula is C22H34. The number of hydrogen-bond donors (Lipinski definition) is 0. The quantitative estimate of drug-likeness (QED) is 0.508. The van der Waals surface area contributed by atoms with Crippen LogP contribution in [0.25, 0.3) is 0 Å². The van der Waals surface area contributed by atoms with E-state index in [4.69, 9.17) is 0 Å². The SMILES string of the molecule is CCCC1CCC2C3CCC4=CCC=CC4(C)C3CCC12C. The lowest BCUT2D eigenvalue weighted by Crippen LogP contribution is -2.49. The van der Waals surface area contributed by atoms with E-state index < -0.39 is 0 Å². The maximum absolute atomic E-state index is 2.67. The van der Waals surface area contributed by atoms with E-state index in [1.807, 2.05) is 0 Å². The second-order valence-corrected chi connectivity index (χ2v) is 9.17. The van der Waals surface area contributed by atoms with Crippen molar-refractivity contribution >= 4 is 0 Å². The number of hydrogen-bond acceptors (Lipinski definition) is 0. The smallest absolute Gasteiger partial charge is 0.00936 e. The number of fused-ring (bicyclic) bond motifs is 5. The zero-order valence-electron chi connectivity index (χ0n) is 14.9. The van der Waals surface area contributed by atoms with Gasteiger partial charge in [-0.2, -0.15) is 0 Å². The van der Waals surface area contributed by atoms with Gasteiger partial charge in [-0.05, 0) is 74.0 Å². The minimum Gasteiger partial charge on any atom is -0.0839 e. The van der Waals surface area contributed by atoms with Gasteiger partial charge in [0.05, 0.1) is 0 Å². The van der Waals surface area contributed by atoms with Gasteiger partial charge in [-0.25, -0.2) is 0 Å². The Labute approximate surface area is 137 Å². The summed E-state index contributed by atoms with van der Waals surface area (Å²) in [6, 6.07) is 0. The van der Waals surface area contributed by atoms with Crippen LogP contribution in [0, 0.1) is 34.5 Å². The minimum absolute atomic E-state index is 0.408. The van der Waals surface area contributed by atoms with E-state index in [-0.39, 0.29) is 0 Å². The normalized spacial score (nSPS) is 50.0. The molecule has 0 aliphatic heterocycles. The summed E-state index contributed by atoms with van der Waals surface area (Å²) < 4.78 is 0. The Bertz CT molecular complexity index is 498. The molecule has 22 heavy (non-hydrogen) atoms. The Balaban J connectivity index is 1.64. The summed E-state index contributed by atoms with van der Waals surface area (Å²) in [5.74, 6) is 3.99. The van der Waals surface area contributed by atoms with E-state index in [0.29, 0.717) is 10.8 Å². The van der Waals surface area contributed by atoms with Crippen LogP contribution in [0.5, 0.6) is 0 Å². The maximum atomic E-state index is 2.67. The highest BCUT2D eigenvalue weighted by Crippen LogP contribution is 2.66. The van der Waals surface area contributed by atoms with E-state index in [9.17, 15) is 0 Å². The van der Waals surface area contributed by atoms with Crippen LogP contribution in [0.3, 0.4) is 0 Å². The van der Waals surface area contributed by atoms with Crippen LogP contribution < -0.4 is 0 Å². The Kier molecular flexibility index (Phi) is 3.59. The van der Waals surface area contributed by atoms with Crippen molar-refractivity contribution in [3.8, 4) is 0 Å². The Morgan fingerprint density at radius 2 is 1.95 bits per heavy atom. The summed E-state index contributed by atoms with van der Waals surface area (Å²) in [5, 5.41) is 0. The minimum atomic E-state index is 0.408. The third-order valence-corrected chi connectivity index (χ3v) is 8.44. The fraction of sp³-hybridized carbons (Fsp3) is 0.818. The average Bonchev–Trinajstić information content (AvgIpc) is 2.84. The summed E-state index contributed by atoms with van der Waals surface area (Å²) in [6.45, 7) is 7.62. The third-order valence-electron chi connectivity index (χ3n) is 8.44. The highest BCUT2D eigenvalue weighted by molar-refractivity contribution is 5.31. The molecule has 6 atom stereocenters. The summed E-state index contributed by atoms with van der Waals surface area (Å²) in [4.78, 5) is 0. The van der Waals surface area contributed by atoms with Crippen molar-refractivity contribution in [3.05, 3.63) is 23.8 Å². The van der Waals surface area contributed by atoms with E-state index in [1.54, 1.807) is 5.57 Å². The van der Waals surface area contributed by atoms with Crippen molar-refractivity contribution in [2.24, 2.45) is 34.5 Å². The molecule has 0 bridgehead atoms. The third kappa shape index (κ3) is 1.95. The predicted octanol–water partition coefficient (Wildman–Crippen LogP) is 6.53. The van der Waals surface area contributed by atoms with Gasteiger partial charge >= 0.3 is 0 Å². The topological polar surface area (TPSA) is 0 Å². The molecule has 0 radical (unpaired) electrons. The van der Waals surface area contributed by atoms with Gasteiger partial charge in [-0.3, -0.25) is 0 Å². The number of allylic oxidation sites excluding steroid dienone is 4. The molecule has 0 aromatic carbocycles. The van der Waals surface area contributed by atoms with E-state index in [2.05, 4.69) is 39.0 Å². The molecule has 4 rings (SSSR count). The molecule has 0 N–H and O–H groups in total. The van der Waals surface area contributed by atoms with Crippen molar-refractivity contribution < 1.29 is 0 Å². The van der Waals surface area contributed by atoms with Gasteiger partial charge in [0.25, 0.3) is 0 Å². The van der Waals surface area contributed by atoms with E-state index in [1.165, 1.54) is 57.8 Å². The van der Waals surface area contributed by atoms with Crippen LogP contribution in [-0.2, 0) is 0 Å². The fourth-order valence-corrected chi connectivity index (χ4v) is 7.27. The molecule has 4 aliphatic rings.